The molecule has 0 atom stereocenters. The van der Waals surface area contributed by atoms with E-state index in [-0.39, 0.29) is 0 Å². The third-order valence-electron chi connectivity index (χ3n) is 31.4. The van der Waals surface area contributed by atoms with E-state index in [1.54, 1.807) is 0 Å². The molecule has 0 heterocycles. The highest BCUT2D eigenvalue weighted by molar-refractivity contribution is 6.27. The minimum absolute atomic E-state index is 1.11. The number of fused-ring (bicyclic) bond motifs is 14. The molecule has 146 heavy (non-hydrogen) atoms. The van der Waals surface area contributed by atoms with E-state index in [9.17, 15) is 0 Å². The van der Waals surface area contributed by atoms with Crippen molar-refractivity contribution in [3.8, 4) is 156 Å². The van der Waals surface area contributed by atoms with Gasteiger partial charge in [0.2, 0.25) is 0 Å². The van der Waals surface area contributed by atoms with Gasteiger partial charge in [-0.1, -0.05) is 510 Å². The zero-order valence-corrected chi connectivity index (χ0v) is 80.0. The van der Waals surface area contributed by atoms with E-state index in [0.29, 0.717) is 0 Å². The highest BCUT2D eigenvalue weighted by atomic mass is 14.3. The Hall–Kier alpha value is -19.0. The van der Waals surface area contributed by atoms with Crippen molar-refractivity contribution < 1.29 is 0 Å². The average molecular weight is 1840 g/mol. The maximum absolute atomic E-state index is 2.54. The predicted molar refractivity (Wildman–Crippen MR) is 628 cm³/mol. The lowest BCUT2D eigenvalue weighted by atomic mass is 9.81. The molecule has 0 aromatic heterocycles. The summed E-state index contributed by atoms with van der Waals surface area (Å²) in [5.74, 6) is 0. The smallest absolute Gasteiger partial charge is 0.00201 e. The van der Waals surface area contributed by atoms with Crippen molar-refractivity contribution >= 4 is 151 Å². The summed E-state index contributed by atoms with van der Waals surface area (Å²) >= 11 is 0. The normalized spacial score (nSPS) is 11.8. The van der Waals surface area contributed by atoms with Gasteiger partial charge in [-0.3, -0.25) is 0 Å². The van der Waals surface area contributed by atoms with Gasteiger partial charge in [-0.2, -0.15) is 0 Å². The summed E-state index contributed by atoms with van der Waals surface area (Å²) in [4.78, 5) is 0. The Labute approximate surface area is 846 Å². The first-order valence-electron chi connectivity index (χ1n) is 50.8. The Morgan fingerprint density at radius 1 is 0.0753 bits per heavy atom. The van der Waals surface area contributed by atoms with Gasteiger partial charge < -0.3 is 0 Å². The fraction of sp³-hybridized carbons (Fsp3) is 0. The maximum atomic E-state index is 2.54. The summed E-state index contributed by atoms with van der Waals surface area (Å²) in [5, 5.41) is 33.4. The van der Waals surface area contributed by atoms with E-state index >= 15 is 0 Å². The molecule has 0 nitrogen and oxygen atoms in total. The van der Waals surface area contributed by atoms with Crippen LogP contribution < -0.4 is 0 Å². The Morgan fingerprint density at radius 2 is 0.199 bits per heavy atom. The van der Waals surface area contributed by atoms with Crippen molar-refractivity contribution in [2.75, 3.05) is 0 Å². The molecule has 0 fully saturated rings. The molecule has 0 saturated heterocycles. The Bertz CT molecular complexity index is 8980. The topological polar surface area (TPSA) is 0 Å². The van der Waals surface area contributed by atoms with Gasteiger partial charge in [-0.25, -0.2) is 0 Å². The van der Waals surface area contributed by atoms with Gasteiger partial charge in [0.15, 0.2) is 0 Å². The molecule has 0 aliphatic rings. The van der Waals surface area contributed by atoms with Crippen LogP contribution in [-0.2, 0) is 0 Å². The second-order valence-corrected chi connectivity index (χ2v) is 39.2. The number of hydrogen-bond donors (Lipinski definition) is 0. The zero-order valence-electron chi connectivity index (χ0n) is 80.0. The molecule has 29 rings (SSSR count). The van der Waals surface area contributed by atoms with Crippen LogP contribution in [0.3, 0.4) is 0 Å². The van der Waals surface area contributed by atoms with E-state index in [4.69, 9.17) is 0 Å². The van der Waals surface area contributed by atoms with Gasteiger partial charge in [0.1, 0.15) is 0 Å². The van der Waals surface area contributed by atoms with Crippen molar-refractivity contribution in [2.45, 2.75) is 0 Å². The number of rotatable bonds is 14. The summed E-state index contributed by atoms with van der Waals surface area (Å²) in [6.07, 6.45) is 0. The van der Waals surface area contributed by atoms with Crippen LogP contribution in [0.25, 0.3) is 307 Å². The Kier molecular flexibility index (Phi) is 19.8. The van der Waals surface area contributed by atoms with Crippen molar-refractivity contribution in [3.05, 3.63) is 546 Å². The summed E-state index contributed by atoms with van der Waals surface area (Å²) in [5.41, 5.74) is 32.6. The average Bonchev–Trinajstić information content (AvgIpc) is 0.715. The minimum Gasteiger partial charge on any atom is -0.0616 e. The molecule has 0 unspecified atom stereocenters. The van der Waals surface area contributed by atoms with Crippen LogP contribution >= 0.6 is 0 Å². The van der Waals surface area contributed by atoms with Gasteiger partial charge in [0.25, 0.3) is 0 Å². The van der Waals surface area contributed by atoms with Crippen LogP contribution in [0, 0.1) is 0 Å². The van der Waals surface area contributed by atoms with Gasteiger partial charge in [-0.05, 0) is 343 Å². The Morgan fingerprint density at radius 3 is 0.384 bits per heavy atom. The number of benzene rings is 29. The van der Waals surface area contributed by atoms with Crippen LogP contribution in [0.1, 0.15) is 0 Å². The van der Waals surface area contributed by atoms with Crippen LogP contribution in [0.4, 0.5) is 0 Å². The van der Waals surface area contributed by atoms with E-state index in [2.05, 4.69) is 546 Å². The van der Waals surface area contributed by atoms with Crippen LogP contribution in [0.2, 0.25) is 0 Å². The quantitative estimate of drug-likeness (QED) is 0.0952. The predicted octanol–water partition coefficient (Wildman–Crippen LogP) is 41.2. The van der Waals surface area contributed by atoms with Crippen LogP contribution in [0.5, 0.6) is 0 Å². The SMILES string of the molecule is c1ccc2c(-c3cccc4c(-c5cc(-c6c7ccccc7c(-c7cc(-c8ccc(-c9cccc%10ccccc9%10)c9c(-c%10cccc%11ccccc%10%11)cccc89)cc(-c8ccc(-c9cccc%10ccccc9%10)c9c(-c%10cccc%11ccccc%10%11)cccc89)c7)c7ccccc67)cc(-c6ccc(-c7cccc8ccccc78)c7c(-c8cccc9ccccc89)cccc67)c5)ccc(-c5cccc6ccccc56)c34)cccc2c1. The van der Waals surface area contributed by atoms with Gasteiger partial charge in [0.05, 0.1) is 0 Å². The van der Waals surface area contributed by atoms with Gasteiger partial charge >= 0.3 is 0 Å². The molecule has 674 valence electrons. The van der Waals surface area contributed by atoms with E-state index in [1.165, 1.54) is 218 Å². The summed E-state index contributed by atoms with van der Waals surface area (Å²) < 4.78 is 0. The second kappa shape index (κ2) is 34.5. The lowest BCUT2D eigenvalue weighted by molar-refractivity contribution is 1.59. The largest absolute Gasteiger partial charge is 0.0616 e. The Balaban J connectivity index is 0.723. The summed E-state index contributed by atoms with van der Waals surface area (Å²) in [6, 6.07) is 207. The summed E-state index contributed by atoms with van der Waals surface area (Å²) in [7, 11) is 0. The van der Waals surface area contributed by atoms with Crippen LogP contribution in [-0.4, -0.2) is 0 Å². The molecule has 0 heteroatoms. The molecule has 0 aliphatic carbocycles. The van der Waals surface area contributed by atoms with Crippen molar-refractivity contribution in [1.29, 1.82) is 0 Å². The van der Waals surface area contributed by atoms with E-state index in [0.717, 1.165) is 88.3 Å². The molecule has 29 aromatic rings. The molecule has 0 bridgehead atoms. The standard InChI is InChI=1S/C146H90/c1-9-49-105-91(33-1)41-21-61-117(105)129-73-29-69-125-113(77-81-137(143(125)129)121-65-25-45-95-37-5-13-53-109(95)121)99-85-100(114-78-82-138(122-66-26-46-96-38-6-14-54-110(96)122)144-126(114)70-30-74-130(144)118-62-22-42-92-34-2-10-50-106(92)118)88-103(87-99)141-133-57-17-19-59-135(133)142(136-60-20-18-58-134(136)141)104-89-101(115-79-83-139(123-67-27-47-97-39-7-15-55-111(97)123)145-127(115)71-31-75-131(145)119-63-23-43-93-35-3-11-51-107(93)119)86-102(90-104)116-80-84-140(124-68-28-48-98-40-8-16-56-112(98)124)146-128(116)72-32-76-132(146)120-64-24-44-94-36-4-12-52-108(94)120/h1-90H. The first-order chi connectivity index (χ1) is 72.5. The molecular weight excluding hydrogens is 1750 g/mol. The fourth-order valence-corrected chi connectivity index (χ4v) is 25.0. The second-order valence-electron chi connectivity index (χ2n) is 39.2. The molecule has 0 spiro atoms. The van der Waals surface area contributed by atoms with Gasteiger partial charge in [0, 0.05) is 0 Å². The minimum atomic E-state index is 1.11. The zero-order chi connectivity index (χ0) is 96.0. The van der Waals surface area contributed by atoms with Crippen molar-refractivity contribution in [1.82, 2.24) is 0 Å². The third kappa shape index (κ3) is 13.7. The van der Waals surface area contributed by atoms with E-state index < -0.39 is 0 Å². The third-order valence-corrected chi connectivity index (χ3v) is 31.4. The molecule has 0 saturated carbocycles. The molecule has 0 aliphatic heterocycles. The monoisotopic (exact) mass is 1840 g/mol. The molecular formula is C146H90. The molecule has 0 radical (unpaired) electrons. The lowest BCUT2D eigenvalue weighted by Crippen LogP contribution is -1.96. The summed E-state index contributed by atoms with van der Waals surface area (Å²) in [6.45, 7) is 0. The molecule has 29 aromatic carbocycles. The lowest BCUT2D eigenvalue weighted by Gasteiger charge is -2.23. The molecule has 0 N–H and O–H groups in total. The van der Waals surface area contributed by atoms with Crippen molar-refractivity contribution in [3.63, 3.8) is 0 Å². The molecule has 0 amide bonds. The van der Waals surface area contributed by atoms with Crippen molar-refractivity contribution in [2.24, 2.45) is 0 Å². The highest BCUT2D eigenvalue weighted by Crippen LogP contribution is 2.56. The van der Waals surface area contributed by atoms with E-state index in [1.807, 2.05) is 0 Å². The van der Waals surface area contributed by atoms with Gasteiger partial charge in [-0.15, -0.1) is 0 Å². The highest BCUT2D eigenvalue weighted by Gasteiger charge is 2.29. The first-order valence-corrected chi connectivity index (χ1v) is 50.8. The van der Waals surface area contributed by atoms with Crippen LogP contribution in [0.15, 0.2) is 546 Å². The fourth-order valence-electron chi connectivity index (χ4n) is 25.0. The first kappa shape index (κ1) is 83.9. The number of hydrogen-bond acceptors (Lipinski definition) is 0. The maximum Gasteiger partial charge on any atom is -0.00201 e.